The van der Waals surface area contributed by atoms with Gasteiger partial charge < -0.3 is 10.6 Å². The van der Waals surface area contributed by atoms with Crippen LogP contribution in [0.15, 0.2) is 58.4 Å². The molecule has 0 heterocycles. The van der Waals surface area contributed by atoms with Crippen molar-refractivity contribution in [3.8, 4) is 0 Å². The van der Waals surface area contributed by atoms with Crippen LogP contribution in [0.4, 0.5) is 8.78 Å². The Balaban J connectivity index is 1.81. The minimum absolute atomic E-state index is 0.0797. The number of hydrogen-bond donors (Lipinski definition) is 2. The van der Waals surface area contributed by atoms with Crippen LogP contribution in [0.5, 0.6) is 0 Å². The van der Waals surface area contributed by atoms with E-state index in [0.717, 1.165) is 11.6 Å². The summed E-state index contributed by atoms with van der Waals surface area (Å²) < 4.78 is 51.1. The monoisotopic (exact) mass is 381 g/mol. The number of guanidine groups is 1. The number of sulfone groups is 1. The van der Waals surface area contributed by atoms with Gasteiger partial charge in [-0.2, -0.15) is 0 Å². The zero-order chi connectivity index (χ0) is 19.0. The van der Waals surface area contributed by atoms with Crippen molar-refractivity contribution in [1.82, 2.24) is 10.6 Å². The van der Waals surface area contributed by atoms with Crippen LogP contribution in [-0.4, -0.2) is 40.3 Å². The van der Waals surface area contributed by atoms with Gasteiger partial charge in [0.15, 0.2) is 15.8 Å². The second-order valence-corrected chi connectivity index (χ2v) is 7.63. The third-order valence-electron chi connectivity index (χ3n) is 3.65. The molecule has 5 nitrogen and oxygen atoms in total. The highest BCUT2D eigenvalue weighted by molar-refractivity contribution is 7.91. The average molecular weight is 381 g/mol. The second-order valence-electron chi connectivity index (χ2n) is 5.55. The highest BCUT2D eigenvalue weighted by Gasteiger charge is 2.18. The highest BCUT2D eigenvalue weighted by Crippen LogP contribution is 2.14. The Labute approximate surface area is 152 Å². The zero-order valence-electron chi connectivity index (χ0n) is 14.4. The lowest BCUT2D eigenvalue weighted by molar-refractivity contribution is 0.566. The van der Waals surface area contributed by atoms with Crippen molar-refractivity contribution in [3.63, 3.8) is 0 Å². The average Bonchev–Trinajstić information content (AvgIpc) is 2.60. The van der Waals surface area contributed by atoms with E-state index in [9.17, 15) is 17.2 Å². The highest BCUT2D eigenvalue weighted by atomic mass is 32.2. The van der Waals surface area contributed by atoms with E-state index < -0.39 is 15.7 Å². The maximum atomic E-state index is 13.6. The Kier molecular flexibility index (Phi) is 7.08. The molecule has 2 aromatic rings. The van der Waals surface area contributed by atoms with Crippen LogP contribution < -0.4 is 10.6 Å². The lowest BCUT2D eigenvalue weighted by Crippen LogP contribution is -2.40. The molecule has 0 radical (unpaired) electrons. The first-order valence-corrected chi connectivity index (χ1v) is 9.74. The summed E-state index contributed by atoms with van der Waals surface area (Å²) >= 11 is 0. The lowest BCUT2D eigenvalue weighted by atomic mass is 10.1. The molecule has 2 rings (SSSR count). The fourth-order valence-electron chi connectivity index (χ4n) is 2.35. The van der Waals surface area contributed by atoms with Gasteiger partial charge in [0.1, 0.15) is 16.5 Å². The molecule has 0 saturated carbocycles. The van der Waals surface area contributed by atoms with E-state index in [2.05, 4.69) is 15.6 Å². The van der Waals surface area contributed by atoms with Crippen LogP contribution in [-0.2, 0) is 16.3 Å². The molecule has 0 aliphatic rings. The van der Waals surface area contributed by atoms with Gasteiger partial charge in [-0.25, -0.2) is 17.2 Å². The third-order valence-corrected chi connectivity index (χ3v) is 5.40. The van der Waals surface area contributed by atoms with Crippen molar-refractivity contribution < 1.29 is 17.2 Å². The molecule has 140 valence electrons. The first-order chi connectivity index (χ1) is 12.4. The van der Waals surface area contributed by atoms with E-state index >= 15 is 0 Å². The van der Waals surface area contributed by atoms with E-state index in [4.69, 9.17) is 0 Å². The molecule has 2 N–H and O–H groups in total. The molecular formula is C18H21F2N3O2S. The standard InChI is InChI=1S/C18H21F2N3O2S/c1-21-18(22-10-9-14-5-4-6-15(19)13-14)23-11-12-26(24,25)17-8-3-2-7-16(17)20/h2-8,13H,9-12H2,1H3,(H2,21,22,23). The number of nitrogens with zero attached hydrogens (tertiary/aromatic N) is 1. The van der Waals surface area contributed by atoms with Gasteiger partial charge >= 0.3 is 0 Å². The molecule has 0 atom stereocenters. The first-order valence-electron chi connectivity index (χ1n) is 8.08. The number of rotatable bonds is 7. The molecule has 0 unspecified atom stereocenters. The van der Waals surface area contributed by atoms with E-state index in [0.29, 0.717) is 18.9 Å². The topological polar surface area (TPSA) is 70.6 Å². The molecule has 26 heavy (non-hydrogen) atoms. The van der Waals surface area contributed by atoms with Crippen molar-refractivity contribution >= 4 is 15.8 Å². The summed E-state index contributed by atoms with van der Waals surface area (Å²) in [5, 5.41) is 5.90. The summed E-state index contributed by atoms with van der Waals surface area (Å²) in [6.45, 7) is 0.583. The van der Waals surface area contributed by atoms with Gasteiger partial charge in [0.25, 0.3) is 0 Å². The largest absolute Gasteiger partial charge is 0.356 e. The van der Waals surface area contributed by atoms with Gasteiger partial charge in [0, 0.05) is 20.1 Å². The minimum Gasteiger partial charge on any atom is -0.356 e. The van der Waals surface area contributed by atoms with E-state index in [-0.39, 0.29) is 23.0 Å². The summed E-state index contributed by atoms with van der Waals surface area (Å²) in [6, 6.07) is 11.6. The van der Waals surface area contributed by atoms with Crippen LogP contribution in [0.3, 0.4) is 0 Å². The molecule has 2 aromatic carbocycles. The summed E-state index contributed by atoms with van der Waals surface area (Å²) in [4.78, 5) is 3.69. The molecule has 0 amide bonds. The summed E-state index contributed by atoms with van der Waals surface area (Å²) in [5.74, 6) is -0.892. The number of halogens is 2. The number of benzene rings is 2. The maximum Gasteiger partial charge on any atom is 0.191 e. The van der Waals surface area contributed by atoms with Crippen LogP contribution in [0, 0.1) is 11.6 Å². The van der Waals surface area contributed by atoms with E-state index in [1.165, 1.54) is 30.3 Å². The van der Waals surface area contributed by atoms with Gasteiger partial charge in [0.2, 0.25) is 0 Å². The number of aliphatic imine (C=N–C) groups is 1. The minimum atomic E-state index is -3.73. The Hall–Kier alpha value is -2.48. The predicted molar refractivity (Wildman–Crippen MR) is 97.9 cm³/mol. The van der Waals surface area contributed by atoms with Crippen LogP contribution in [0.25, 0.3) is 0 Å². The molecule has 0 bridgehead atoms. The normalized spacial score (nSPS) is 12.0. The van der Waals surface area contributed by atoms with Crippen molar-refractivity contribution in [2.24, 2.45) is 4.99 Å². The molecular weight excluding hydrogens is 360 g/mol. The molecule has 8 heteroatoms. The third kappa shape index (κ3) is 5.80. The second kappa shape index (κ2) is 9.28. The lowest BCUT2D eigenvalue weighted by Gasteiger charge is -2.12. The Morgan fingerprint density at radius 3 is 2.46 bits per heavy atom. The van der Waals surface area contributed by atoms with Gasteiger partial charge in [-0.3, -0.25) is 4.99 Å². The summed E-state index contributed by atoms with van der Waals surface area (Å²) in [6.07, 6.45) is 0.589. The van der Waals surface area contributed by atoms with Crippen LogP contribution >= 0.6 is 0 Å². The smallest absolute Gasteiger partial charge is 0.191 e. The SMILES string of the molecule is CN=C(NCCc1cccc(F)c1)NCCS(=O)(=O)c1ccccc1F. The van der Waals surface area contributed by atoms with Crippen LogP contribution in [0.1, 0.15) is 5.56 Å². The Morgan fingerprint density at radius 1 is 1.04 bits per heavy atom. The molecule has 0 aliphatic carbocycles. The van der Waals surface area contributed by atoms with Crippen molar-refractivity contribution in [2.75, 3.05) is 25.9 Å². The van der Waals surface area contributed by atoms with Crippen molar-refractivity contribution in [2.45, 2.75) is 11.3 Å². The number of nitrogens with one attached hydrogen (secondary N) is 2. The van der Waals surface area contributed by atoms with E-state index in [1.807, 2.05) is 6.07 Å². The number of hydrogen-bond acceptors (Lipinski definition) is 3. The van der Waals surface area contributed by atoms with Crippen molar-refractivity contribution in [1.29, 1.82) is 0 Å². The maximum absolute atomic E-state index is 13.6. The Bertz CT molecular complexity index is 870. The first kappa shape index (κ1) is 19.8. The van der Waals surface area contributed by atoms with E-state index in [1.54, 1.807) is 13.1 Å². The van der Waals surface area contributed by atoms with Crippen molar-refractivity contribution in [3.05, 3.63) is 65.7 Å². The molecule has 0 aliphatic heterocycles. The van der Waals surface area contributed by atoms with Gasteiger partial charge in [-0.15, -0.1) is 0 Å². The summed E-state index contributed by atoms with van der Waals surface area (Å²) in [7, 11) is -2.17. The Morgan fingerprint density at radius 2 is 1.77 bits per heavy atom. The zero-order valence-corrected chi connectivity index (χ0v) is 15.2. The quantitative estimate of drug-likeness (QED) is 0.570. The molecule has 0 aromatic heterocycles. The molecule has 0 saturated heterocycles. The van der Waals surface area contributed by atoms with Crippen LogP contribution in [0.2, 0.25) is 0 Å². The van der Waals surface area contributed by atoms with Gasteiger partial charge in [0.05, 0.1) is 5.75 Å². The van der Waals surface area contributed by atoms with Gasteiger partial charge in [-0.05, 0) is 36.2 Å². The summed E-state index contributed by atoms with van der Waals surface area (Å²) in [5.41, 5.74) is 0.843. The molecule has 0 spiro atoms. The molecule has 0 fully saturated rings. The fraction of sp³-hybridized carbons (Fsp3) is 0.278. The predicted octanol–water partition coefficient (Wildman–Crippen LogP) is 2.15. The van der Waals surface area contributed by atoms with Gasteiger partial charge in [-0.1, -0.05) is 24.3 Å². The fourth-order valence-corrected chi connectivity index (χ4v) is 3.59.